The maximum absolute atomic E-state index is 13.3. The van der Waals surface area contributed by atoms with E-state index in [-0.39, 0.29) is 24.9 Å². The Hall–Kier alpha value is -3.03. The summed E-state index contributed by atoms with van der Waals surface area (Å²) in [5.74, 6) is -0.0209. The number of hydrogen-bond acceptors (Lipinski definition) is 4. The van der Waals surface area contributed by atoms with Crippen molar-refractivity contribution in [1.29, 1.82) is 0 Å². The van der Waals surface area contributed by atoms with E-state index in [1.54, 1.807) is 12.1 Å². The van der Waals surface area contributed by atoms with Gasteiger partial charge in [0.1, 0.15) is 5.75 Å². The van der Waals surface area contributed by atoms with Gasteiger partial charge in [0, 0.05) is 18.0 Å². The van der Waals surface area contributed by atoms with Crippen molar-refractivity contribution < 1.29 is 17.9 Å². The van der Waals surface area contributed by atoms with Crippen LogP contribution >= 0.6 is 11.6 Å². The van der Waals surface area contributed by atoms with Gasteiger partial charge in [-0.25, -0.2) is 8.42 Å². The molecule has 3 aromatic rings. The van der Waals surface area contributed by atoms with E-state index < -0.39 is 16.1 Å². The molecule has 0 radical (unpaired) electrons. The summed E-state index contributed by atoms with van der Waals surface area (Å²) < 4.78 is 32.0. The molecule has 1 heterocycles. The van der Waals surface area contributed by atoms with Crippen molar-refractivity contribution in [2.45, 2.75) is 18.6 Å². The van der Waals surface area contributed by atoms with Gasteiger partial charge in [0.25, 0.3) is 5.91 Å². The molecule has 32 heavy (non-hydrogen) atoms. The van der Waals surface area contributed by atoms with Gasteiger partial charge in [0.2, 0.25) is 10.0 Å². The molecular formula is C24H23ClN2O4S. The zero-order chi connectivity index (χ0) is 22.7. The van der Waals surface area contributed by atoms with Crippen LogP contribution in [-0.2, 0) is 14.8 Å². The smallest absolute Gasteiger partial charge is 0.261 e. The molecule has 0 saturated carbocycles. The average molecular weight is 471 g/mol. The highest BCUT2D eigenvalue weighted by atomic mass is 35.5. The normalized spacial score (nSPS) is 16.1. The predicted octanol–water partition coefficient (Wildman–Crippen LogP) is 4.16. The lowest BCUT2D eigenvalue weighted by molar-refractivity contribution is -0.128. The van der Waals surface area contributed by atoms with Gasteiger partial charge in [-0.2, -0.15) is 0 Å². The Morgan fingerprint density at radius 3 is 2.19 bits per heavy atom. The minimum absolute atomic E-state index is 0.103. The summed E-state index contributed by atoms with van der Waals surface area (Å²) in [7, 11) is -3.57. The number of nitrogens with one attached hydrogen (secondary N) is 1. The molecule has 3 aromatic carbocycles. The summed E-state index contributed by atoms with van der Waals surface area (Å²) in [5, 5.41) is 3.47. The fourth-order valence-corrected chi connectivity index (χ4v) is 4.87. The lowest BCUT2D eigenvalue weighted by atomic mass is 9.98. The molecular weight excluding hydrogens is 448 g/mol. The monoisotopic (exact) mass is 470 g/mol. The van der Waals surface area contributed by atoms with Crippen LogP contribution in [0.15, 0.2) is 78.9 Å². The standard InChI is InChI=1S/C24H23ClN2O4S/c1-32(29,30)27-15-14-22(31-21-13-12-19(25)16-20(21)27)24(28)26-23(17-8-4-2-5-9-17)18-10-6-3-7-11-18/h2-13,16,22-23H,14-15H2,1H3,(H,26,28). The largest absolute Gasteiger partial charge is 0.478 e. The van der Waals surface area contributed by atoms with E-state index in [1.165, 1.54) is 10.4 Å². The van der Waals surface area contributed by atoms with E-state index in [4.69, 9.17) is 16.3 Å². The first-order chi connectivity index (χ1) is 15.3. The molecule has 8 heteroatoms. The number of fused-ring (bicyclic) bond motifs is 1. The summed E-state index contributed by atoms with van der Waals surface area (Å²) in [4.78, 5) is 13.3. The van der Waals surface area contributed by atoms with Gasteiger partial charge in [0.15, 0.2) is 6.10 Å². The van der Waals surface area contributed by atoms with Crippen LogP contribution in [0.1, 0.15) is 23.6 Å². The van der Waals surface area contributed by atoms with E-state index >= 15 is 0 Å². The first-order valence-electron chi connectivity index (χ1n) is 10.2. The number of nitrogens with zero attached hydrogens (tertiary/aromatic N) is 1. The highest BCUT2D eigenvalue weighted by Crippen LogP contribution is 2.36. The van der Waals surface area contributed by atoms with Gasteiger partial charge >= 0.3 is 0 Å². The maximum Gasteiger partial charge on any atom is 0.261 e. The molecule has 166 valence electrons. The maximum atomic E-state index is 13.3. The molecule has 0 fully saturated rings. The van der Waals surface area contributed by atoms with Crippen molar-refractivity contribution >= 4 is 33.2 Å². The quantitative estimate of drug-likeness (QED) is 0.607. The number of carbonyl (C=O) groups excluding carboxylic acids is 1. The number of hydrogen-bond donors (Lipinski definition) is 1. The van der Waals surface area contributed by atoms with Crippen molar-refractivity contribution in [3.63, 3.8) is 0 Å². The Labute approximate surface area is 192 Å². The second kappa shape index (κ2) is 9.22. The molecule has 0 spiro atoms. The van der Waals surface area contributed by atoms with Crippen LogP contribution in [0.4, 0.5) is 5.69 Å². The number of amides is 1. The molecule has 1 aliphatic rings. The van der Waals surface area contributed by atoms with Gasteiger partial charge < -0.3 is 10.1 Å². The predicted molar refractivity (Wildman–Crippen MR) is 126 cm³/mol. The van der Waals surface area contributed by atoms with Crippen LogP contribution in [0.3, 0.4) is 0 Å². The van der Waals surface area contributed by atoms with Crippen molar-refractivity contribution in [2.24, 2.45) is 0 Å². The number of ether oxygens (including phenoxy) is 1. The number of anilines is 1. The number of rotatable bonds is 5. The third-order valence-electron chi connectivity index (χ3n) is 5.30. The molecule has 6 nitrogen and oxygen atoms in total. The Bertz CT molecular complexity index is 1160. The van der Waals surface area contributed by atoms with Gasteiger partial charge in [-0.15, -0.1) is 0 Å². The molecule has 1 aliphatic heterocycles. The van der Waals surface area contributed by atoms with Crippen LogP contribution in [0.5, 0.6) is 5.75 Å². The van der Waals surface area contributed by atoms with E-state index in [0.717, 1.165) is 17.4 Å². The SMILES string of the molecule is CS(=O)(=O)N1CCC(C(=O)NC(c2ccccc2)c2ccccc2)Oc2ccc(Cl)cc21. The molecule has 1 unspecified atom stereocenters. The number of sulfonamides is 1. The number of halogens is 1. The van der Waals surface area contributed by atoms with Crippen molar-refractivity contribution in [1.82, 2.24) is 5.32 Å². The number of benzene rings is 3. The first-order valence-corrected chi connectivity index (χ1v) is 12.4. The molecule has 1 amide bonds. The lowest BCUT2D eigenvalue weighted by Gasteiger charge is -2.23. The molecule has 1 N–H and O–H groups in total. The Balaban J connectivity index is 1.63. The average Bonchev–Trinajstić information content (AvgIpc) is 2.98. The van der Waals surface area contributed by atoms with E-state index in [1.807, 2.05) is 60.7 Å². The second-order valence-electron chi connectivity index (χ2n) is 7.61. The Kier molecular flexibility index (Phi) is 6.39. The van der Waals surface area contributed by atoms with Crippen LogP contribution in [0, 0.1) is 0 Å². The van der Waals surface area contributed by atoms with Gasteiger partial charge in [0.05, 0.1) is 18.0 Å². The van der Waals surface area contributed by atoms with Gasteiger partial charge in [-0.1, -0.05) is 72.3 Å². The second-order valence-corrected chi connectivity index (χ2v) is 9.95. The van der Waals surface area contributed by atoms with Crippen LogP contribution in [0.25, 0.3) is 0 Å². The number of carbonyl (C=O) groups is 1. The molecule has 0 aromatic heterocycles. The molecule has 0 saturated heterocycles. The van der Waals surface area contributed by atoms with Gasteiger partial charge in [-0.3, -0.25) is 9.10 Å². The highest BCUT2D eigenvalue weighted by molar-refractivity contribution is 7.92. The summed E-state index contributed by atoms with van der Waals surface area (Å²) in [6.45, 7) is 0.103. The Morgan fingerprint density at radius 1 is 1.03 bits per heavy atom. The van der Waals surface area contributed by atoms with Crippen LogP contribution in [-0.4, -0.2) is 33.2 Å². The summed E-state index contributed by atoms with van der Waals surface area (Å²) in [5.41, 5.74) is 2.20. The summed E-state index contributed by atoms with van der Waals surface area (Å²) >= 11 is 6.09. The third kappa shape index (κ3) is 4.89. The van der Waals surface area contributed by atoms with Crippen molar-refractivity contribution in [3.05, 3.63) is 95.0 Å². The Morgan fingerprint density at radius 2 is 1.62 bits per heavy atom. The molecule has 4 rings (SSSR count). The zero-order valence-corrected chi connectivity index (χ0v) is 19.0. The molecule has 0 bridgehead atoms. The van der Waals surface area contributed by atoms with Gasteiger partial charge in [-0.05, 0) is 29.3 Å². The van der Waals surface area contributed by atoms with Crippen molar-refractivity contribution in [2.75, 3.05) is 17.1 Å². The molecule has 1 atom stereocenters. The lowest BCUT2D eigenvalue weighted by Crippen LogP contribution is -2.41. The topological polar surface area (TPSA) is 75.7 Å². The zero-order valence-electron chi connectivity index (χ0n) is 17.4. The van der Waals surface area contributed by atoms with E-state index in [0.29, 0.717) is 16.5 Å². The highest BCUT2D eigenvalue weighted by Gasteiger charge is 2.32. The third-order valence-corrected chi connectivity index (χ3v) is 6.71. The van der Waals surface area contributed by atoms with Crippen LogP contribution in [0.2, 0.25) is 5.02 Å². The van der Waals surface area contributed by atoms with E-state index in [2.05, 4.69) is 5.32 Å². The van der Waals surface area contributed by atoms with Crippen LogP contribution < -0.4 is 14.4 Å². The van der Waals surface area contributed by atoms with Crippen molar-refractivity contribution in [3.8, 4) is 5.75 Å². The fraction of sp³-hybridized carbons (Fsp3) is 0.208. The minimum atomic E-state index is -3.57. The first kappa shape index (κ1) is 22.2. The summed E-state index contributed by atoms with van der Waals surface area (Å²) in [6, 6.07) is 23.7. The minimum Gasteiger partial charge on any atom is -0.478 e. The molecule has 0 aliphatic carbocycles. The van der Waals surface area contributed by atoms with E-state index in [9.17, 15) is 13.2 Å². The fourth-order valence-electron chi connectivity index (χ4n) is 3.77. The summed E-state index contributed by atoms with van der Waals surface area (Å²) in [6.07, 6.45) is 0.456.